The Labute approximate surface area is 142 Å². The highest BCUT2D eigenvalue weighted by molar-refractivity contribution is 5.61. The Bertz CT molecular complexity index is 750. The van der Waals surface area contributed by atoms with Crippen molar-refractivity contribution in [3.05, 3.63) is 41.0 Å². The monoisotopic (exact) mass is 320 g/mol. The molecule has 4 atom stereocenters. The molecule has 0 radical (unpaired) electrons. The minimum atomic E-state index is -0.185. The number of nitrogens with zero attached hydrogens (tertiary/aromatic N) is 2. The number of methoxy groups -OCH3 is 1. The fourth-order valence-electron chi connectivity index (χ4n) is 4.64. The molecule has 4 nitrogen and oxygen atoms in total. The summed E-state index contributed by atoms with van der Waals surface area (Å²) >= 11 is 0. The van der Waals surface area contributed by atoms with Crippen LogP contribution >= 0.6 is 0 Å². The van der Waals surface area contributed by atoms with Gasteiger partial charge in [-0.15, -0.1) is 0 Å². The predicted molar refractivity (Wildman–Crippen MR) is 89.0 cm³/mol. The highest BCUT2D eigenvalue weighted by atomic mass is 16.5. The lowest BCUT2D eigenvalue weighted by molar-refractivity contribution is -0.120. The molecule has 1 aromatic rings. The van der Waals surface area contributed by atoms with Gasteiger partial charge in [0.2, 0.25) is 0 Å². The van der Waals surface area contributed by atoms with Crippen LogP contribution in [-0.4, -0.2) is 13.4 Å². The van der Waals surface area contributed by atoms with Gasteiger partial charge in [0, 0.05) is 11.8 Å². The number of hydrogen-bond acceptors (Lipinski definition) is 4. The first kappa shape index (κ1) is 16.3. The van der Waals surface area contributed by atoms with Crippen molar-refractivity contribution >= 4 is 6.29 Å². The maximum Gasteiger partial charge on any atom is 0.129 e. The van der Waals surface area contributed by atoms with Crippen LogP contribution in [0.4, 0.5) is 0 Å². The number of benzene rings is 1. The van der Waals surface area contributed by atoms with Crippen LogP contribution in [0, 0.1) is 39.9 Å². The summed E-state index contributed by atoms with van der Waals surface area (Å²) in [4.78, 5) is 11.9. The fraction of sp³-hybridized carbons (Fsp3) is 0.450. The van der Waals surface area contributed by atoms with E-state index < -0.39 is 0 Å². The van der Waals surface area contributed by atoms with Gasteiger partial charge in [0.25, 0.3) is 0 Å². The summed E-state index contributed by atoms with van der Waals surface area (Å²) in [7, 11) is 1.62. The molecule has 3 aliphatic carbocycles. The Morgan fingerprint density at radius 1 is 1.29 bits per heavy atom. The molecule has 0 aromatic heterocycles. The summed E-state index contributed by atoms with van der Waals surface area (Å²) in [5.41, 5.74) is 2.06. The summed E-state index contributed by atoms with van der Waals surface area (Å²) in [6.07, 6.45) is 3.63. The van der Waals surface area contributed by atoms with E-state index in [1.54, 1.807) is 7.11 Å². The molecule has 3 aliphatic rings. The molecule has 0 aliphatic heterocycles. The lowest BCUT2D eigenvalue weighted by Crippen LogP contribution is -2.47. The number of carbonyl (C=O) groups is 1. The maximum atomic E-state index is 11.9. The van der Waals surface area contributed by atoms with Gasteiger partial charge < -0.3 is 9.53 Å². The van der Waals surface area contributed by atoms with E-state index in [0.717, 1.165) is 36.0 Å². The summed E-state index contributed by atoms with van der Waals surface area (Å²) in [6.45, 7) is 2.12. The second-order valence-electron chi connectivity index (χ2n) is 7.06. The molecule has 24 heavy (non-hydrogen) atoms. The van der Waals surface area contributed by atoms with Crippen LogP contribution in [0.15, 0.2) is 35.4 Å². The van der Waals surface area contributed by atoms with Crippen molar-refractivity contribution in [1.29, 1.82) is 10.5 Å². The van der Waals surface area contributed by atoms with Gasteiger partial charge in [0.1, 0.15) is 29.7 Å². The summed E-state index contributed by atoms with van der Waals surface area (Å²) < 4.78 is 5.22. The van der Waals surface area contributed by atoms with Crippen LogP contribution in [0.25, 0.3) is 0 Å². The second-order valence-corrected chi connectivity index (χ2v) is 7.06. The first-order valence-corrected chi connectivity index (χ1v) is 8.20. The smallest absolute Gasteiger partial charge is 0.129 e. The van der Waals surface area contributed by atoms with E-state index in [4.69, 9.17) is 4.74 Å². The zero-order valence-corrected chi connectivity index (χ0v) is 14.0. The quantitative estimate of drug-likeness (QED) is 0.628. The topological polar surface area (TPSA) is 73.9 Å². The summed E-state index contributed by atoms with van der Waals surface area (Å²) in [5.74, 6) is 0.795. The van der Waals surface area contributed by atoms with Crippen molar-refractivity contribution in [2.75, 3.05) is 7.11 Å². The lowest BCUT2D eigenvalue weighted by Gasteiger charge is -2.54. The number of rotatable bonds is 3. The van der Waals surface area contributed by atoms with E-state index in [1.807, 2.05) is 24.3 Å². The predicted octanol–water partition coefficient (Wildman–Crippen LogP) is 3.76. The number of ether oxygens (including phenoxy) is 1. The molecular weight excluding hydrogens is 300 g/mol. The molecule has 4 unspecified atom stereocenters. The molecule has 1 aromatic carbocycles. The first-order valence-electron chi connectivity index (χ1n) is 8.20. The molecular formula is C20H20N2O2. The van der Waals surface area contributed by atoms with E-state index in [1.165, 1.54) is 0 Å². The molecule has 3 saturated carbocycles. The van der Waals surface area contributed by atoms with Gasteiger partial charge in [-0.05, 0) is 53.9 Å². The standard InChI is InChI=1S/C20H20N2O2/c1-20-8-7-16(17(9-20)14(10-21)11-22)19(18(20)12-23)13-3-5-15(24-2)6-4-13/h3-6,12,16,18-19H,7-9H2,1-2H3. The molecule has 0 saturated heterocycles. The van der Waals surface area contributed by atoms with E-state index in [9.17, 15) is 15.3 Å². The fourth-order valence-corrected chi connectivity index (χ4v) is 4.64. The molecule has 0 N–H and O–H groups in total. The third-order valence-corrected chi connectivity index (χ3v) is 5.89. The van der Waals surface area contributed by atoms with Crippen molar-refractivity contribution < 1.29 is 9.53 Å². The Kier molecular flexibility index (Phi) is 4.16. The number of allylic oxidation sites excluding steroid dienone is 2. The Hall–Kier alpha value is -2.59. The molecule has 122 valence electrons. The van der Waals surface area contributed by atoms with Gasteiger partial charge in [-0.2, -0.15) is 10.5 Å². The zero-order valence-electron chi connectivity index (χ0n) is 14.0. The molecule has 2 bridgehead atoms. The van der Waals surface area contributed by atoms with Gasteiger partial charge in [0.05, 0.1) is 7.11 Å². The van der Waals surface area contributed by atoms with Crippen molar-refractivity contribution in [2.45, 2.75) is 32.1 Å². The average molecular weight is 320 g/mol. The number of hydrogen-bond donors (Lipinski definition) is 0. The third-order valence-electron chi connectivity index (χ3n) is 5.89. The molecule has 4 heteroatoms. The van der Waals surface area contributed by atoms with E-state index in [2.05, 4.69) is 19.1 Å². The molecule has 0 amide bonds. The number of fused-ring (bicyclic) bond motifs is 3. The molecule has 0 spiro atoms. The largest absolute Gasteiger partial charge is 0.497 e. The normalized spacial score (nSPS) is 31.0. The Morgan fingerprint density at radius 2 is 1.96 bits per heavy atom. The second kappa shape index (κ2) is 6.13. The Morgan fingerprint density at radius 3 is 2.50 bits per heavy atom. The van der Waals surface area contributed by atoms with Gasteiger partial charge in [-0.3, -0.25) is 0 Å². The molecule has 4 rings (SSSR count). The highest BCUT2D eigenvalue weighted by Gasteiger charge is 2.53. The lowest BCUT2D eigenvalue weighted by atomic mass is 9.48. The van der Waals surface area contributed by atoms with E-state index >= 15 is 0 Å². The third kappa shape index (κ3) is 2.39. The zero-order chi connectivity index (χ0) is 17.3. The molecule has 0 heterocycles. The van der Waals surface area contributed by atoms with Crippen molar-refractivity contribution in [1.82, 2.24) is 0 Å². The summed E-state index contributed by atoms with van der Waals surface area (Å²) in [5, 5.41) is 18.6. The first-order chi connectivity index (χ1) is 11.6. The van der Waals surface area contributed by atoms with Crippen molar-refractivity contribution in [2.24, 2.45) is 17.3 Å². The number of carbonyl (C=O) groups excluding carboxylic acids is 1. The number of aldehydes is 1. The van der Waals surface area contributed by atoms with Crippen LogP contribution < -0.4 is 4.74 Å². The maximum absolute atomic E-state index is 11.9. The van der Waals surface area contributed by atoms with Gasteiger partial charge >= 0.3 is 0 Å². The van der Waals surface area contributed by atoms with Gasteiger partial charge in [0.15, 0.2) is 0 Å². The van der Waals surface area contributed by atoms with Gasteiger partial charge in [-0.1, -0.05) is 19.1 Å². The highest BCUT2D eigenvalue weighted by Crippen LogP contribution is 2.61. The minimum absolute atomic E-state index is 0.0209. The van der Waals surface area contributed by atoms with Gasteiger partial charge in [-0.25, -0.2) is 0 Å². The molecule has 3 fully saturated rings. The Balaban J connectivity index is 2.12. The van der Waals surface area contributed by atoms with E-state index in [-0.39, 0.29) is 28.7 Å². The SMILES string of the molecule is COc1ccc(C2C3CCC(C)(CC3=C(C#N)C#N)C2C=O)cc1. The summed E-state index contributed by atoms with van der Waals surface area (Å²) in [6, 6.07) is 11.9. The van der Waals surface area contributed by atoms with E-state index in [0.29, 0.717) is 6.42 Å². The number of nitriles is 2. The van der Waals surface area contributed by atoms with Crippen LogP contribution in [0.2, 0.25) is 0 Å². The van der Waals surface area contributed by atoms with Crippen LogP contribution in [0.3, 0.4) is 0 Å². The van der Waals surface area contributed by atoms with Crippen LogP contribution in [0.5, 0.6) is 5.75 Å². The van der Waals surface area contributed by atoms with Crippen LogP contribution in [-0.2, 0) is 4.79 Å². The minimum Gasteiger partial charge on any atom is -0.497 e. The van der Waals surface area contributed by atoms with Crippen molar-refractivity contribution in [3.63, 3.8) is 0 Å². The van der Waals surface area contributed by atoms with Crippen LogP contribution in [0.1, 0.15) is 37.7 Å². The van der Waals surface area contributed by atoms with Crippen molar-refractivity contribution in [3.8, 4) is 17.9 Å². The average Bonchev–Trinajstić information content (AvgIpc) is 2.62.